The number of hydrogen-bond donors (Lipinski definition) is 2. The van der Waals surface area contributed by atoms with E-state index in [4.69, 9.17) is 0 Å². The van der Waals surface area contributed by atoms with E-state index in [-0.39, 0.29) is 11.1 Å². The third-order valence-corrected chi connectivity index (χ3v) is 4.11. The molecule has 0 saturated heterocycles. The van der Waals surface area contributed by atoms with Crippen LogP contribution in [0.5, 0.6) is 0 Å². The number of nitrogens with one attached hydrogen (secondary N) is 2. The molecular weight excluding hydrogens is 298 g/mol. The quantitative estimate of drug-likeness (QED) is 0.586. The van der Waals surface area contributed by atoms with Gasteiger partial charge in [0.15, 0.2) is 0 Å². The number of fused-ring (bicyclic) bond motifs is 1. The van der Waals surface area contributed by atoms with Crippen molar-refractivity contribution in [2.45, 2.75) is 0 Å². The maximum atomic E-state index is 12.4. The van der Waals surface area contributed by atoms with Crippen molar-refractivity contribution < 1.29 is 0 Å². The third-order valence-electron chi connectivity index (χ3n) is 4.11. The molecule has 4 aromatic rings. The summed E-state index contributed by atoms with van der Waals surface area (Å²) < 4.78 is 0. The maximum absolute atomic E-state index is 12.4. The summed E-state index contributed by atoms with van der Waals surface area (Å²) >= 11 is 0. The summed E-state index contributed by atoms with van der Waals surface area (Å²) in [7, 11) is 0. The van der Waals surface area contributed by atoms with Gasteiger partial charge < -0.3 is 9.97 Å². The van der Waals surface area contributed by atoms with Gasteiger partial charge in [-0.2, -0.15) is 5.26 Å². The lowest BCUT2D eigenvalue weighted by atomic mass is 9.99. The zero-order valence-electron chi connectivity index (χ0n) is 12.7. The molecule has 4 rings (SSSR count). The second kappa shape index (κ2) is 5.56. The predicted molar refractivity (Wildman–Crippen MR) is 94.5 cm³/mol. The van der Waals surface area contributed by atoms with E-state index in [1.807, 2.05) is 72.9 Å². The first-order valence-corrected chi connectivity index (χ1v) is 7.57. The Morgan fingerprint density at radius 1 is 0.917 bits per heavy atom. The summed E-state index contributed by atoms with van der Waals surface area (Å²) in [6, 6.07) is 21.3. The Morgan fingerprint density at radius 3 is 2.46 bits per heavy atom. The standard InChI is InChI=1S/C20H13N3O/c21-11-16-15(13-6-2-1-3-7-13)10-19(23-20(16)24)17-12-22-18-9-5-4-8-14(17)18/h1-10,12,22H,(H,23,24). The van der Waals surface area contributed by atoms with E-state index in [0.717, 1.165) is 22.0 Å². The zero-order chi connectivity index (χ0) is 16.5. The molecule has 0 amide bonds. The molecular formula is C20H13N3O. The molecule has 2 aromatic carbocycles. The van der Waals surface area contributed by atoms with Crippen molar-refractivity contribution >= 4 is 10.9 Å². The first-order valence-electron chi connectivity index (χ1n) is 7.57. The summed E-state index contributed by atoms with van der Waals surface area (Å²) in [6.07, 6.45) is 1.87. The fraction of sp³-hybridized carbons (Fsp3) is 0. The molecule has 114 valence electrons. The van der Waals surface area contributed by atoms with Crippen molar-refractivity contribution in [3.63, 3.8) is 0 Å². The first-order chi connectivity index (χ1) is 11.8. The Labute approximate surface area is 138 Å². The third kappa shape index (κ3) is 2.20. The molecule has 0 radical (unpaired) electrons. The number of pyridine rings is 1. The van der Waals surface area contributed by atoms with Crippen LogP contribution < -0.4 is 5.56 Å². The smallest absolute Gasteiger partial charge is 0.266 e. The van der Waals surface area contributed by atoms with Crippen LogP contribution in [-0.4, -0.2) is 9.97 Å². The molecule has 0 aliphatic heterocycles. The van der Waals surface area contributed by atoms with E-state index in [9.17, 15) is 10.1 Å². The van der Waals surface area contributed by atoms with Crippen LogP contribution in [0.1, 0.15) is 5.56 Å². The fourth-order valence-corrected chi connectivity index (χ4v) is 2.96. The normalized spacial score (nSPS) is 10.6. The van der Waals surface area contributed by atoms with Gasteiger partial charge in [-0.25, -0.2) is 0 Å². The topological polar surface area (TPSA) is 72.4 Å². The average molecular weight is 311 g/mol. The second-order valence-corrected chi connectivity index (χ2v) is 5.53. The fourth-order valence-electron chi connectivity index (χ4n) is 2.96. The summed E-state index contributed by atoms with van der Waals surface area (Å²) in [5, 5.41) is 10.4. The van der Waals surface area contributed by atoms with Gasteiger partial charge in [-0.3, -0.25) is 4.79 Å². The van der Waals surface area contributed by atoms with Gasteiger partial charge in [0.1, 0.15) is 11.6 Å². The van der Waals surface area contributed by atoms with Gasteiger partial charge >= 0.3 is 0 Å². The van der Waals surface area contributed by atoms with Gasteiger partial charge in [0.25, 0.3) is 5.56 Å². The molecule has 0 fully saturated rings. The molecule has 24 heavy (non-hydrogen) atoms. The van der Waals surface area contributed by atoms with E-state index in [0.29, 0.717) is 11.3 Å². The van der Waals surface area contributed by atoms with Crippen LogP contribution in [-0.2, 0) is 0 Å². The predicted octanol–water partition coefficient (Wildman–Crippen LogP) is 4.06. The SMILES string of the molecule is N#Cc1c(-c2ccccc2)cc(-c2c[nH]c3ccccc23)[nH]c1=O. The summed E-state index contributed by atoms with van der Waals surface area (Å²) in [5.74, 6) is 0. The molecule has 2 aromatic heterocycles. The van der Waals surface area contributed by atoms with E-state index >= 15 is 0 Å². The molecule has 0 aliphatic carbocycles. The van der Waals surface area contributed by atoms with Crippen molar-refractivity contribution in [3.05, 3.63) is 82.8 Å². The number of benzene rings is 2. The van der Waals surface area contributed by atoms with Crippen molar-refractivity contribution in [2.24, 2.45) is 0 Å². The Bertz CT molecular complexity index is 1130. The lowest BCUT2D eigenvalue weighted by Crippen LogP contribution is -2.12. The lowest BCUT2D eigenvalue weighted by Gasteiger charge is -2.07. The van der Waals surface area contributed by atoms with E-state index in [1.54, 1.807) is 0 Å². The van der Waals surface area contributed by atoms with Crippen LogP contribution in [0.2, 0.25) is 0 Å². The highest BCUT2D eigenvalue weighted by Gasteiger charge is 2.14. The van der Waals surface area contributed by atoms with Crippen LogP contribution in [0, 0.1) is 11.3 Å². The van der Waals surface area contributed by atoms with Gasteiger partial charge in [-0.05, 0) is 17.7 Å². The number of aromatic amines is 2. The minimum Gasteiger partial charge on any atom is -0.360 e. The van der Waals surface area contributed by atoms with Crippen LogP contribution >= 0.6 is 0 Å². The van der Waals surface area contributed by atoms with Crippen LogP contribution in [0.4, 0.5) is 0 Å². The van der Waals surface area contributed by atoms with Crippen molar-refractivity contribution in [1.29, 1.82) is 5.26 Å². The molecule has 0 bridgehead atoms. The number of H-pyrrole nitrogens is 2. The molecule has 0 atom stereocenters. The highest BCUT2D eigenvalue weighted by atomic mass is 16.1. The van der Waals surface area contributed by atoms with E-state index in [2.05, 4.69) is 9.97 Å². The number of rotatable bonds is 2. The minimum atomic E-state index is -0.376. The molecule has 0 aliphatic rings. The van der Waals surface area contributed by atoms with Crippen molar-refractivity contribution in [2.75, 3.05) is 0 Å². The van der Waals surface area contributed by atoms with Crippen LogP contribution in [0.25, 0.3) is 33.3 Å². The lowest BCUT2D eigenvalue weighted by molar-refractivity contribution is 1.22. The number of hydrogen-bond acceptors (Lipinski definition) is 2. The minimum absolute atomic E-state index is 0.129. The molecule has 4 nitrogen and oxygen atoms in total. The Hall–Kier alpha value is -3.58. The number of nitriles is 1. The highest BCUT2D eigenvalue weighted by molar-refractivity contribution is 5.95. The summed E-state index contributed by atoms with van der Waals surface area (Å²) in [4.78, 5) is 18.4. The number of nitrogens with zero attached hydrogens (tertiary/aromatic N) is 1. The largest absolute Gasteiger partial charge is 0.360 e. The summed E-state index contributed by atoms with van der Waals surface area (Å²) in [6.45, 7) is 0. The number of para-hydroxylation sites is 1. The Morgan fingerprint density at radius 2 is 1.67 bits per heavy atom. The van der Waals surface area contributed by atoms with E-state index in [1.165, 1.54) is 0 Å². The van der Waals surface area contributed by atoms with Crippen LogP contribution in [0.3, 0.4) is 0 Å². The maximum Gasteiger partial charge on any atom is 0.266 e. The highest BCUT2D eigenvalue weighted by Crippen LogP contribution is 2.30. The first kappa shape index (κ1) is 14.0. The molecule has 2 N–H and O–H groups in total. The number of aromatic nitrogens is 2. The van der Waals surface area contributed by atoms with Gasteiger partial charge in [-0.15, -0.1) is 0 Å². The van der Waals surface area contributed by atoms with Gasteiger partial charge in [-0.1, -0.05) is 48.5 Å². The molecule has 2 heterocycles. The van der Waals surface area contributed by atoms with E-state index < -0.39 is 0 Å². The summed E-state index contributed by atoms with van der Waals surface area (Å²) in [5.41, 5.74) is 3.84. The zero-order valence-corrected chi connectivity index (χ0v) is 12.7. The Balaban J connectivity index is 2.00. The van der Waals surface area contributed by atoms with Crippen molar-refractivity contribution in [3.8, 4) is 28.5 Å². The molecule has 0 saturated carbocycles. The Kier molecular flexibility index (Phi) is 3.25. The van der Waals surface area contributed by atoms with Crippen LogP contribution in [0.15, 0.2) is 71.7 Å². The molecule has 4 heteroatoms. The average Bonchev–Trinajstić information content (AvgIpc) is 3.06. The van der Waals surface area contributed by atoms with Crippen molar-refractivity contribution in [1.82, 2.24) is 9.97 Å². The van der Waals surface area contributed by atoms with Gasteiger partial charge in [0, 0.05) is 28.2 Å². The van der Waals surface area contributed by atoms with Gasteiger partial charge in [0.05, 0.1) is 5.69 Å². The van der Waals surface area contributed by atoms with Gasteiger partial charge in [0.2, 0.25) is 0 Å². The monoisotopic (exact) mass is 311 g/mol. The second-order valence-electron chi connectivity index (χ2n) is 5.53. The molecule has 0 unspecified atom stereocenters. The molecule has 0 spiro atoms.